The molecule has 0 aliphatic heterocycles. The topological polar surface area (TPSA) is 121 Å². The highest BCUT2D eigenvalue weighted by molar-refractivity contribution is 7.87. The van der Waals surface area contributed by atoms with Crippen LogP contribution in [0.3, 0.4) is 0 Å². The van der Waals surface area contributed by atoms with Crippen LogP contribution in [0, 0.1) is 22.7 Å². The minimum absolute atomic E-state index is 0.0321. The summed E-state index contributed by atoms with van der Waals surface area (Å²) in [6.45, 7) is -0.835. The van der Waals surface area contributed by atoms with Gasteiger partial charge >= 0.3 is 11.2 Å². The van der Waals surface area contributed by atoms with E-state index < -0.39 is 38.8 Å². The predicted octanol–water partition coefficient (Wildman–Crippen LogP) is 0.426. The third-order valence-electron chi connectivity index (χ3n) is 5.67. The van der Waals surface area contributed by atoms with Crippen LogP contribution in [0.5, 0.6) is 0 Å². The summed E-state index contributed by atoms with van der Waals surface area (Å²) in [6.07, 6.45) is 2.32. The summed E-state index contributed by atoms with van der Waals surface area (Å²) in [7, 11) is -6.16. The molecule has 10 heteroatoms. The Bertz CT molecular complexity index is 691. The molecular weight excluding hydrogens is 350 g/mol. The van der Waals surface area contributed by atoms with Crippen LogP contribution in [0.25, 0.3) is 0 Å². The summed E-state index contributed by atoms with van der Waals surface area (Å²) in [4.78, 5) is 23.7. The van der Waals surface area contributed by atoms with E-state index in [2.05, 4.69) is 4.74 Å². The molecule has 0 saturated heterocycles. The second kappa shape index (κ2) is 5.18. The van der Waals surface area contributed by atoms with Crippen LogP contribution < -0.4 is 0 Å². The predicted molar refractivity (Wildman–Crippen MR) is 72.6 cm³/mol. The zero-order chi connectivity index (χ0) is 18.0. The maximum atomic E-state index is 13.2. The number of hydrogen-bond donors (Lipinski definition) is 1. The molecule has 24 heavy (non-hydrogen) atoms. The van der Waals surface area contributed by atoms with Crippen molar-refractivity contribution in [2.45, 2.75) is 37.4 Å². The molecule has 1 N–H and O–H groups in total. The first-order valence-corrected chi connectivity index (χ1v) is 9.01. The van der Waals surface area contributed by atoms with Crippen LogP contribution in [-0.4, -0.2) is 48.3 Å². The van der Waals surface area contributed by atoms with Crippen molar-refractivity contribution in [3.8, 4) is 0 Å². The highest BCUT2D eigenvalue weighted by atomic mass is 32.2. The van der Waals surface area contributed by atoms with Gasteiger partial charge in [0.25, 0.3) is 0 Å². The Morgan fingerprint density at radius 2 is 2.04 bits per heavy atom. The van der Waals surface area contributed by atoms with Crippen molar-refractivity contribution >= 4 is 21.9 Å². The molecule has 0 aromatic carbocycles. The third-order valence-corrected chi connectivity index (χ3v) is 6.46. The van der Waals surface area contributed by atoms with E-state index in [0.717, 1.165) is 0 Å². The Labute approximate surface area is 137 Å². The van der Waals surface area contributed by atoms with E-state index >= 15 is 0 Å². The van der Waals surface area contributed by atoms with Gasteiger partial charge < -0.3 is 14.4 Å². The highest BCUT2D eigenvalue weighted by Gasteiger charge is 2.63. The van der Waals surface area contributed by atoms with Crippen molar-refractivity contribution in [2.75, 3.05) is 13.2 Å². The van der Waals surface area contributed by atoms with E-state index in [1.165, 1.54) is 0 Å². The molecular formula is C14H17F2O7S-. The fourth-order valence-electron chi connectivity index (χ4n) is 5.02. The van der Waals surface area contributed by atoms with Crippen molar-refractivity contribution in [2.24, 2.45) is 22.7 Å². The van der Waals surface area contributed by atoms with Gasteiger partial charge in [-0.2, -0.15) is 8.78 Å². The number of Topliss-reactive ketones (excluding diaryl/α,β-unsaturated/α-hetero) is 1. The number of aliphatic hydroxyl groups excluding tert-OH is 1. The quantitative estimate of drug-likeness (QED) is 0.552. The fraction of sp³-hybridized carbons (Fsp3) is 0.857. The lowest BCUT2D eigenvalue weighted by Crippen LogP contribution is -2.60. The Morgan fingerprint density at radius 3 is 2.62 bits per heavy atom. The molecule has 0 radical (unpaired) electrons. The van der Waals surface area contributed by atoms with E-state index in [1.54, 1.807) is 0 Å². The molecule has 4 unspecified atom stereocenters. The number of rotatable bonds is 5. The number of esters is 1. The fourth-order valence-corrected chi connectivity index (χ4v) is 5.29. The normalized spacial score (nSPS) is 38.4. The lowest BCUT2D eigenvalue weighted by atomic mass is 9.44. The molecule has 4 saturated carbocycles. The van der Waals surface area contributed by atoms with Gasteiger partial charge in [-0.25, -0.2) is 13.2 Å². The van der Waals surface area contributed by atoms with E-state index in [1.807, 2.05) is 0 Å². The number of halogens is 2. The van der Waals surface area contributed by atoms with Crippen LogP contribution >= 0.6 is 0 Å². The number of carbonyl (C=O) groups excluding carboxylic acids is 2. The van der Waals surface area contributed by atoms with Crippen LogP contribution in [0.2, 0.25) is 0 Å². The van der Waals surface area contributed by atoms with E-state index in [9.17, 15) is 36.4 Å². The van der Waals surface area contributed by atoms with Gasteiger partial charge in [-0.05, 0) is 38.0 Å². The van der Waals surface area contributed by atoms with Gasteiger partial charge in [-0.1, -0.05) is 0 Å². The number of ketones is 1. The number of hydrogen-bond acceptors (Lipinski definition) is 7. The second-order valence-corrected chi connectivity index (χ2v) is 8.86. The first-order valence-electron chi connectivity index (χ1n) is 7.60. The standard InChI is InChI=1S/C14H18F2O7S/c15-14(16,24(20,21)22)11(19)23-7-12-2-8-1-9(4-12)10(18)13(3-8,5-12)6-17/h8-9,17H,1-7H2,(H,20,21,22)/p-1. The molecule has 0 aromatic rings. The third kappa shape index (κ3) is 2.46. The Balaban J connectivity index is 1.77. The average molecular weight is 367 g/mol. The van der Waals surface area contributed by atoms with Crippen molar-refractivity contribution in [1.82, 2.24) is 0 Å². The minimum atomic E-state index is -6.16. The summed E-state index contributed by atoms with van der Waals surface area (Å²) in [5.74, 6) is -2.60. The summed E-state index contributed by atoms with van der Waals surface area (Å²) in [6, 6.07) is 0. The number of alkyl halides is 2. The van der Waals surface area contributed by atoms with Gasteiger partial charge in [0.1, 0.15) is 5.78 Å². The molecule has 4 fully saturated rings. The largest absolute Gasteiger partial charge is 0.743 e. The van der Waals surface area contributed by atoms with Gasteiger partial charge in [-0.3, -0.25) is 4.79 Å². The molecule has 4 aliphatic carbocycles. The van der Waals surface area contributed by atoms with Crippen molar-refractivity contribution in [1.29, 1.82) is 0 Å². The molecule has 136 valence electrons. The number of ether oxygens (including phenoxy) is 1. The smallest absolute Gasteiger partial charge is 0.428 e. The SMILES string of the molecule is O=C1C2CC3CC(COC(=O)C(F)(F)S(=O)(=O)[O-])(C2)CC1(CO)C3. The average Bonchev–Trinajstić information content (AvgIpc) is 2.48. The summed E-state index contributed by atoms with van der Waals surface area (Å²) in [5.41, 5.74) is -1.66. The molecule has 0 heterocycles. The molecule has 0 aromatic heterocycles. The first-order chi connectivity index (χ1) is 10.9. The zero-order valence-electron chi connectivity index (χ0n) is 12.7. The number of aliphatic hydroxyl groups is 1. The Hall–Kier alpha value is -1.13. The van der Waals surface area contributed by atoms with Crippen LogP contribution in [0.15, 0.2) is 0 Å². The van der Waals surface area contributed by atoms with Gasteiger partial charge in [0.05, 0.1) is 18.6 Å². The summed E-state index contributed by atoms with van der Waals surface area (Å²) in [5, 5.41) is 4.52. The molecule has 4 bridgehead atoms. The van der Waals surface area contributed by atoms with Gasteiger partial charge in [0.2, 0.25) is 0 Å². The molecule has 0 spiro atoms. The van der Waals surface area contributed by atoms with Gasteiger partial charge in [0, 0.05) is 11.3 Å². The van der Waals surface area contributed by atoms with Gasteiger partial charge in [0.15, 0.2) is 10.1 Å². The first kappa shape index (κ1) is 17.7. The van der Waals surface area contributed by atoms with E-state index in [-0.39, 0.29) is 30.6 Å². The van der Waals surface area contributed by atoms with E-state index in [0.29, 0.717) is 25.7 Å². The van der Waals surface area contributed by atoms with Crippen molar-refractivity contribution in [3.05, 3.63) is 0 Å². The molecule has 4 aliphatic rings. The minimum Gasteiger partial charge on any atom is -0.743 e. The maximum Gasteiger partial charge on any atom is 0.428 e. The van der Waals surface area contributed by atoms with Crippen LogP contribution in [0.4, 0.5) is 8.78 Å². The Morgan fingerprint density at radius 1 is 1.38 bits per heavy atom. The zero-order valence-corrected chi connectivity index (χ0v) is 13.5. The maximum absolute atomic E-state index is 13.2. The summed E-state index contributed by atoms with van der Waals surface area (Å²) < 4.78 is 62.3. The van der Waals surface area contributed by atoms with Crippen LogP contribution in [-0.2, 0) is 24.4 Å². The molecule has 4 atom stereocenters. The van der Waals surface area contributed by atoms with E-state index in [4.69, 9.17) is 0 Å². The monoisotopic (exact) mass is 367 g/mol. The molecule has 4 rings (SSSR count). The second-order valence-electron chi connectivity index (χ2n) is 7.44. The van der Waals surface area contributed by atoms with Crippen LogP contribution in [0.1, 0.15) is 32.1 Å². The van der Waals surface area contributed by atoms with Crippen molar-refractivity contribution in [3.63, 3.8) is 0 Å². The highest BCUT2D eigenvalue weighted by Crippen LogP contribution is 2.63. The number of carbonyl (C=O) groups is 2. The summed E-state index contributed by atoms with van der Waals surface area (Å²) >= 11 is 0. The molecule has 7 nitrogen and oxygen atoms in total. The van der Waals surface area contributed by atoms with Crippen molar-refractivity contribution < 1.29 is 41.2 Å². The lowest BCUT2D eigenvalue weighted by Gasteiger charge is -2.60. The van der Waals surface area contributed by atoms with Gasteiger partial charge in [-0.15, -0.1) is 0 Å². The Kier molecular flexibility index (Phi) is 3.82. The molecule has 0 amide bonds. The lowest BCUT2D eigenvalue weighted by molar-refractivity contribution is -0.185.